The van der Waals surface area contributed by atoms with Gasteiger partial charge >= 0.3 is 6.09 Å². The van der Waals surface area contributed by atoms with Gasteiger partial charge < -0.3 is 5.11 Å². The van der Waals surface area contributed by atoms with Gasteiger partial charge in [-0.05, 0) is 18.6 Å². The number of nitrogens with zero attached hydrogens (tertiary/aromatic N) is 2. The molecule has 96 valence electrons. The Hall–Kier alpha value is -1.55. The lowest BCUT2D eigenvalue weighted by Gasteiger charge is -2.21. The first-order valence-corrected chi connectivity index (χ1v) is 6.02. The Balaban J connectivity index is 3.03. The molecule has 0 unspecified atom stereocenters. The van der Waals surface area contributed by atoms with E-state index in [2.05, 4.69) is 4.98 Å². The summed E-state index contributed by atoms with van der Waals surface area (Å²) < 4.78 is 1.25. The monoisotopic (exact) mass is 266 g/mol. The van der Waals surface area contributed by atoms with Gasteiger partial charge in [-0.3, -0.25) is 0 Å². The van der Waals surface area contributed by atoms with Gasteiger partial charge in [-0.25, -0.2) is 14.3 Å². The second-order valence-electron chi connectivity index (χ2n) is 5.34. The lowest BCUT2D eigenvalue weighted by molar-refractivity contribution is 0.195. The summed E-state index contributed by atoms with van der Waals surface area (Å²) >= 11 is 6.05. The first kappa shape index (κ1) is 12.9. The van der Waals surface area contributed by atoms with Gasteiger partial charge in [-0.15, -0.1) is 0 Å². The molecule has 4 nitrogen and oxygen atoms in total. The van der Waals surface area contributed by atoms with E-state index in [1.807, 2.05) is 27.7 Å². The van der Waals surface area contributed by atoms with Gasteiger partial charge in [-0.1, -0.05) is 32.4 Å². The molecule has 2 heterocycles. The van der Waals surface area contributed by atoms with Crippen LogP contribution >= 0.6 is 11.6 Å². The van der Waals surface area contributed by atoms with Crippen molar-refractivity contribution in [1.82, 2.24) is 9.55 Å². The maximum atomic E-state index is 11.5. The molecule has 0 fully saturated rings. The summed E-state index contributed by atoms with van der Waals surface area (Å²) in [5.41, 5.74) is 1.86. The van der Waals surface area contributed by atoms with E-state index in [4.69, 9.17) is 11.6 Å². The summed E-state index contributed by atoms with van der Waals surface area (Å²) in [6.07, 6.45) is 0.559. The Morgan fingerprint density at radius 2 is 2.06 bits per heavy atom. The third-order valence-electron chi connectivity index (χ3n) is 2.99. The second kappa shape index (κ2) is 3.99. The van der Waals surface area contributed by atoms with Crippen LogP contribution in [0.5, 0.6) is 0 Å². The van der Waals surface area contributed by atoms with E-state index in [-0.39, 0.29) is 10.6 Å². The van der Waals surface area contributed by atoms with E-state index in [1.165, 1.54) is 4.57 Å². The van der Waals surface area contributed by atoms with E-state index < -0.39 is 6.09 Å². The van der Waals surface area contributed by atoms with Crippen molar-refractivity contribution in [3.05, 3.63) is 28.7 Å². The standard InChI is InChI=1S/C13H15ClN2O2/c1-7-8-5-6-15-11(14)9(8)16(12(17)18)10(7)13(2,3)4/h5-6H,1-4H3,(H,17,18). The molecule has 0 radical (unpaired) electrons. The van der Waals surface area contributed by atoms with Crippen LogP contribution in [0.3, 0.4) is 0 Å². The summed E-state index contributed by atoms with van der Waals surface area (Å²) in [5.74, 6) is 0. The average molecular weight is 267 g/mol. The minimum atomic E-state index is -1.03. The summed E-state index contributed by atoms with van der Waals surface area (Å²) in [7, 11) is 0. The summed E-state index contributed by atoms with van der Waals surface area (Å²) in [4.78, 5) is 15.5. The van der Waals surface area contributed by atoms with Crippen molar-refractivity contribution in [2.24, 2.45) is 0 Å². The van der Waals surface area contributed by atoms with E-state index in [9.17, 15) is 9.90 Å². The van der Waals surface area contributed by atoms with Crippen LogP contribution in [-0.4, -0.2) is 20.8 Å². The fraction of sp³-hybridized carbons (Fsp3) is 0.385. The second-order valence-corrected chi connectivity index (χ2v) is 5.70. The molecule has 2 aromatic rings. The van der Waals surface area contributed by atoms with Gasteiger partial charge in [0, 0.05) is 22.7 Å². The molecular formula is C13H15ClN2O2. The molecule has 2 rings (SSSR count). The molecule has 0 aliphatic heterocycles. The molecular weight excluding hydrogens is 252 g/mol. The number of carbonyl (C=O) groups is 1. The Bertz CT molecular complexity index is 638. The quantitative estimate of drug-likeness (QED) is 0.738. The van der Waals surface area contributed by atoms with Crippen molar-refractivity contribution in [3.8, 4) is 0 Å². The number of rotatable bonds is 0. The maximum absolute atomic E-state index is 11.5. The van der Waals surface area contributed by atoms with Crippen molar-refractivity contribution in [3.63, 3.8) is 0 Å². The molecule has 0 saturated heterocycles. The SMILES string of the molecule is Cc1c(C(C)(C)C)n(C(=O)O)c2c(Cl)nccc12. The third-order valence-corrected chi connectivity index (χ3v) is 3.26. The Labute approximate surface area is 110 Å². The Kier molecular flexibility index (Phi) is 2.86. The van der Waals surface area contributed by atoms with Crippen LogP contribution < -0.4 is 0 Å². The number of fused-ring (bicyclic) bond motifs is 1. The minimum absolute atomic E-state index is 0.216. The summed E-state index contributed by atoms with van der Waals surface area (Å²) in [5, 5.41) is 10.5. The van der Waals surface area contributed by atoms with Crippen molar-refractivity contribution >= 4 is 28.6 Å². The zero-order valence-corrected chi connectivity index (χ0v) is 11.5. The fourth-order valence-corrected chi connectivity index (χ4v) is 2.68. The predicted molar refractivity (Wildman–Crippen MR) is 71.6 cm³/mol. The molecule has 0 aliphatic rings. The first-order chi connectivity index (χ1) is 8.25. The maximum Gasteiger partial charge on any atom is 0.416 e. The molecule has 0 aromatic carbocycles. The number of carboxylic acid groups (broad SMARTS) is 1. The lowest BCUT2D eigenvalue weighted by atomic mass is 9.89. The summed E-state index contributed by atoms with van der Waals surface area (Å²) in [6, 6.07) is 1.80. The first-order valence-electron chi connectivity index (χ1n) is 5.64. The highest BCUT2D eigenvalue weighted by atomic mass is 35.5. The van der Waals surface area contributed by atoms with Gasteiger partial charge in [0.25, 0.3) is 0 Å². The summed E-state index contributed by atoms with van der Waals surface area (Å²) in [6.45, 7) is 7.86. The molecule has 2 aromatic heterocycles. The highest BCUT2D eigenvalue weighted by molar-refractivity contribution is 6.34. The lowest BCUT2D eigenvalue weighted by Crippen LogP contribution is -2.22. The smallest absolute Gasteiger partial charge is 0.416 e. The third kappa shape index (κ3) is 1.77. The number of halogens is 1. The molecule has 1 N–H and O–H groups in total. The van der Waals surface area contributed by atoms with E-state index >= 15 is 0 Å². The molecule has 0 atom stereocenters. The fourth-order valence-electron chi connectivity index (χ4n) is 2.44. The number of aryl methyl sites for hydroxylation is 1. The van der Waals surface area contributed by atoms with Crippen molar-refractivity contribution in [1.29, 1.82) is 0 Å². The van der Waals surface area contributed by atoms with Crippen LogP contribution in [0.15, 0.2) is 12.3 Å². The largest absolute Gasteiger partial charge is 0.464 e. The average Bonchev–Trinajstić information content (AvgIpc) is 2.53. The van der Waals surface area contributed by atoms with Crippen LogP contribution in [0.25, 0.3) is 10.9 Å². The van der Waals surface area contributed by atoms with Crippen LogP contribution in [0.4, 0.5) is 4.79 Å². The van der Waals surface area contributed by atoms with Crippen molar-refractivity contribution in [2.45, 2.75) is 33.1 Å². The van der Waals surface area contributed by atoms with Crippen LogP contribution in [0.2, 0.25) is 5.15 Å². The number of aromatic nitrogens is 2. The molecule has 0 amide bonds. The molecule has 0 aliphatic carbocycles. The molecule has 5 heteroatoms. The van der Waals surface area contributed by atoms with Gasteiger partial charge in [0.2, 0.25) is 0 Å². The van der Waals surface area contributed by atoms with Gasteiger partial charge in [0.15, 0.2) is 5.15 Å². The van der Waals surface area contributed by atoms with Crippen LogP contribution in [-0.2, 0) is 5.41 Å². The predicted octanol–water partition coefficient (Wildman–Crippen LogP) is 3.82. The zero-order chi connectivity index (χ0) is 13.7. The van der Waals surface area contributed by atoms with Crippen LogP contribution in [0, 0.1) is 6.92 Å². The molecule has 0 bridgehead atoms. The molecule has 0 spiro atoms. The Morgan fingerprint density at radius 3 is 2.56 bits per heavy atom. The van der Waals surface area contributed by atoms with Crippen LogP contribution in [0.1, 0.15) is 32.0 Å². The highest BCUT2D eigenvalue weighted by Crippen LogP contribution is 2.35. The van der Waals surface area contributed by atoms with Crippen molar-refractivity contribution < 1.29 is 9.90 Å². The molecule has 18 heavy (non-hydrogen) atoms. The molecule has 0 saturated carbocycles. The Morgan fingerprint density at radius 1 is 1.44 bits per heavy atom. The van der Waals surface area contributed by atoms with Gasteiger partial charge in [-0.2, -0.15) is 0 Å². The topological polar surface area (TPSA) is 55.1 Å². The van der Waals surface area contributed by atoms with E-state index in [0.29, 0.717) is 5.52 Å². The normalized spacial score (nSPS) is 12.1. The number of hydrogen-bond donors (Lipinski definition) is 1. The minimum Gasteiger partial charge on any atom is -0.464 e. The highest BCUT2D eigenvalue weighted by Gasteiger charge is 2.28. The van der Waals surface area contributed by atoms with Gasteiger partial charge in [0.05, 0.1) is 5.52 Å². The number of hydrogen-bond acceptors (Lipinski definition) is 2. The van der Waals surface area contributed by atoms with E-state index in [1.54, 1.807) is 12.3 Å². The number of pyridine rings is 1. The van der Waals surface area contributed by atoms with Gasteiger partial charge in [0.1, 0.15) is 0 Å². The van der Waals surface area contributed by atoms with E-state index in [0.717, 1.165) is 16.6 Å². The zero-order valence-electron chi connectivity index (χ0n) is 10.8. The van der Waals surface area contributed by atoms with Crippen molar-refractivity contribution in [2.75, 3.05) is 0 Å².